The highest BCUT2D eigenvalue weighted by Crippen LogP contribution is 2.38. The maximum absolute atomic E-state index is 12.8. The molecule has 0 saturated carbocycles. The average Bonchev–Trinajstić information content (AvgIpc) is 2.92. The molecule has 4 nitrogen and oxygen atoms in total. The minimum absolute atomic E-state index is 0.0457. The summed E-state index contributed by atoms with van der Waals surface area (Å²) < 4.78 is 6.52. The van der Waals surface area contributed by atoms with Gasteiger partial charge in [-0.15, -0.1) is 0 Å². The summed E-state index contributed by atoms with van der Waals surface area (Å²) in [5, 5.41) is 10.0. The first kappa shape index (κ1) is 19.9. The van der Waals surface area contributed by atoms with Crippen molar-refractivity contribution in [1.82, 2.24) is 4.90 Å². The van der Waals surface area contributed by atoms with Crippen molar-refractivity contribution in [3.8, 4) is 11.5 Å². The summed E-state index contributed by atoms with van der Waals surface area (Å²) in [6.45, 7) is 2.83. The third-order valence-electron chi connectivity index (χ3n) is 3.99. The second kappa shape index (κ2) is 8.91. The monoisotopic (exact) mass is 463 g/mol. The van der Waals surface area contributed by atoms with Crippen molar-refractivity contribution in [2.45, 2.75) is 13.3 Å². The van der Waals surface area contributed by atoms with E-state index in [-0.39, 0.29) is 11.7 Å². The highest BCUT2D eigenvalue weighted by Gasteiger charge is 2.31. The molecule has 0 unspecified atom stereocenters. The highest BCUT2D eigenvalue weighted by atomic mass is 79.9. The van der Waals surface area contributed by atoms with Crippen molar-refractivity contribution in [2.24, 2.45) is 0 Å². The van der Waals surface area contributed by atoms with E-state index in [1.807, 2.05) is 37.3 Å². The van der Waals surface area contributed by atoms with Gasteiger partial charge >= 0.3 is 0 Å². The standard InChI is InChI=1S/C20H18BrNO3S2/c1-2-25-16-11-14(10-15(21)18(16)23)12-17-19(24)22(20(26)27-17)9-8-13-6-4-3-5-7-13/h3-7,10-12,23H,2,8-9H2,1H3. The maximum atomic E-state index is 12.8. The number of thioether (sulfide) groups is 1. The number of nitrogens with zero attached hydrogens (tertiary/aromatic N) is 1. The fourth-order valence-electron chi connectivity index (χ4n) is 2.67. The zero-order valence-electron chi connectivity index (χ0n) is 14.6. The lowest BCUT2D eigenvalue weighted by molar-refractivity contribution is -0.122. The van der Waals surface area contributed by atoms with Gasteiger partial charge < -0.3 is 9.84 Å². The molecule has 1 aliphatic heterocycles. The highest BCUT2D eigenvalue weighted by molar-refractivity contribution is 9.10. The van der Waals surface area contributed by atoms with E-state index in [4.69, 9.17) is 17.0 Å². The largest absolute Gasteiger partial charge is 0.503 e. The summed E-state index contributed by atoms with van der Waals surface area (Å²) in [4.78, 5) is 15.0. The Bertz CT molecular complexity index is 900. The van der Waals surface area contributed by atoms with Crippen LogP contribution in [0.15, 0.2) is 51.8 Å². The van der Waals surface area contributed by atoms with Crippen LogP contribution in [-0.2, 0) is 11.2 Å². The zero-order chi connectivity index (χ0) is 19.4. The SMILES string of the molecule is CCOc1cc(C=C2SC(=S)N(CCc3ccccc3)C2=O)cc(Br)c1O. The number of amides is 1. The number of benzene rings is 2. The summed E-state index contributed by atoms with van der Waals surface area (Å²) in [5.74, 6) is 0.324. The average molecular weight is 464 g/mol. The first-order chi connectivity index (χ1) is 13.0. The number of phenols is 1. The number of hydrogen-bond acceptors (Lipinski definition) is 5. The van der Waals surface area contributed by atoms with E-state index in [0.29, 0.717) is 32.6 Å². The van der Waals surface area contributed by atoms with Gasteiger partial charge in [0.1, 0.15) is 4.32 Å². The van der Waals surface area contributed by atoms with E-state index in [2.05, 4.69) is 15.9 Å². The molecule has 0 aromatic heterocycles. The van der Waals surface area contributed by atoms with Crippen LogP contribution in [-0.4, -0.2) is 33.4 Å². The van der Waals surface area contributed by atoms with Crippen LogP contribution in [0.5, 0.6) is 11.5 Å². The number of carbonyl (C=O) groups excluding carboxylic acids is 1. The quantitative estimate of drug-likeness (QED) is 0.482. The Morgan fingerprint density at radius 2 is 2.04 bits per heavy atom. The van der Waals surface area contributed by atoms with Crippen LogP contribution in [0.1, 0.15) is 18.1 Å². The Morgan fingerprint density at radius 3 is 2.74 bits per heavy atom. The molecule has 2 aromatic rings. The van der Waals surface area contributed by atoms with E-state index in [1.54, 1.807) is 23.1 Å². The van der Waals surface area contributed by atoms with Gasteiger partial charge in [-0.2, -0.15) is 0 Å². The molecule has 140 valence electrons. The van der Waals surface area contributed by atoms with Crippen molar-refractivity contribution in [1.29, 1.82) is 0 Å². The second-order valence-electron chi connectivity index (χ2n) is 5.85. The van der Waals surface area contributed by atoms with Crippen LogP contribution in [0, 0.1) is 0 Å². The summed E-state index contributed by atoms with van der Waals surface area (Å²) >= 11 is 10.0. The predicted octanol–water partition coefficient (Wildman–Crippen LogP) is 5.00. The van der Waals surface area contributed by atoms with Crippen molar-refractivity contribution < 1.29 is 14.6 Å². The van der Waals surface area contributed by atoms with Crippen molar-refractivity contribution in [2.75, 3.05) is 13.2 Å². The van der Waals surface area contributed by atoms with Crippen molar-refractivity contribution in [3.63, 3.8) is 0 Å². The lowest BCUT2D eigenvalue weighted by atomic mass is 10.1. The Kier molecular flexibility index (Phi) is 6.57. The van der Waals surface area contributed by atoms with Gasteiger partial charge in [-0.05, 0) is 58.6 Å². The molecular formula is C20H18BrNO3S2. The van der Waals surface area contributed by atoms with E-state index in [9.17, 15) is 9.90 Å². The number of hydrogen-bond donors (Lipinski definition) is 1. The summed E-state index contributed by atoms with van der Waals surface area (Å²) in [6.07, 6.45) is 2.52. The fraction of sp³-hybridized carbons (Fsp3) is 0.200. The minimum atomic E-state index is -0.0944. The van der Waals surface area contributed by atoms with Gasteiger partial charge in [-0.25, -0.2) is 0 Å². The molecule has 0 radical (unpaired) electrons. The fourth-order valence-corrected chi connectivity index (χ4v) is 4.44. The number of aromatic hydroxyl groups is 1. The topological polar surface area (TPSA) is 49.8 Å². The van der Waals surface area contributed by atoms with Gasteiger partial charge in [-0.1, -0.05) is 54.3 Å². The normalized spacial score (nSPS) is 15.6. The minimum Gasteiger partial charge on any atom is -0.503 e. The lowest BCUT2D eigenvalue weighted by Crippen LogP contribution is -2.30. The van der Waals surface area contributed by atoms with Crippen LogP contribution in [0.25, 0.3) is 6.08 Å². The van der Waals surface area contributed by atoms with Gasteiger partial charge in [0.15, 0.2) is 11.5 Å². The Hall–Kier alpha value is -1.83. The van der Waals surface area contributed by atoms with Crippen LogP contribution in [0.4, 0.5) is 0 Å². The Balaban J connectivity index is 1.78. The van der Waals surface area contributed by atoms with Crippen LogP contribution < -0.4 is 4.74 Å². The van der Waals surface area contributed by atoms with Crippen LogP contribution in [0.3, 0.4) is 0 Å². The third kappa shape index (κ3) is 4.72. The molecule has 27 heavy (non-hydrogen) atoms. The van der Waals surface area contributed by atoms with E-state index >= 15 is 0 Å². The maximum Gasteiger partial charge on any atom is 0.266 e. The smallest absolute Gasteiger partial charge is 0.266 e. The van der Waals surface area contributed by atoms with Crippen molar-refractivity contribution in [3.05, 3.63) is 63.0 Å². The molecule has 0 spiro atoms. The molecule has 1 saturated heterocycles. The van der Waals surface area contributed by atoms with Crippen LogP contribution >= 0.6 is 39.9 Å². The van der Waals surface area contributed by atoms with Gasteiger partial charge in [0, 0.05) is 6.54 Å². The summed E-state index contributed by atoms with van der Waals surface area (Å²) in [6, 6.07) is 13.5. The molecule has 1 aliphatic rings. The molecule has 1 fully saturated rings. The molecule has 7 heteroatoms. The molecule has 3 rings (SSSR count). The number of carbonyl (C=O) groups is 1. The first-order valence-electron chi connectivity index (χ1n) is 8.44. The predicted molar refractivity (Wildman–Crippen MR) is 117 cm³/mol. The molecule has 0 bridgehead atoms. The molecule has 1 heterocycles. The third-order valence-corrected chi connectivity index (χ3v) is 5.97. The van der Waals surface area contributed by atoms with E-state index in [1.165, 1.54) is 17.3 Å². The van der Waals surface area contributed by atoms with Gasteiger partial charge in [0.05, 0.1) is 16.0 Å². The molecule has 2 aromatic carbocycles. The van der Waals surface area contributed by atoms with Gasteiger partial charge in [0.2, 0.25) is 0 Å². The lowest BCUT2D eigenvalue weighted by Gasteiger charge is -2.14. The van der Waals surface area contributed by atoms with E-state index < -0.39 is 0 Å². The van der Waals surface area contributed by atoms with Crippen molar-refractivity contribution >= 4 is 56.2 Å². The Morgan fingerprint density at radius 1 is 1.30 bits per heavy atom. The molecule has 0 atom stereocenters. The molecule has 0 aliphatic carbocycles. The number of ether oxygens (including phenoxy) is 1. The Labute approximate surface area is 176 Å². The number of thiocarbonyl (C=S) groups is 1. The zero-order valence-corrected chi connectivity index (χ0v) is 17.9. The second-order valence-corrected chi connectivity index (χ2v) is 8.38. The number of rotatable bonds is 6. The first-order valence-corrected chi connectivity index (χ1v) is 10.5. The van der Waals surface area contributed by atoms with Gasteiger partial charge in [0.25, 0.3) is 5.91 Å². The molecular weight excluding hydrogens is 446 g/mol. The number of phenolic OH excluding ortho intramolecular Hbond substituents is 1. The van der Waals surface area contributed by atoms with E-state index in [0.717, 1.165) is 12.0 Å². The summed E-state index contributed by atoms with van der Waals surface area (Å²) in [7, 11) is 0. The molecule has 1 amide bonds. The van der Waals surface area contributed by atoms with Crippen LogP contribution in [0.2, 0.25) is 0 Å². The summed E-state index contributed by atoms with van der Waals surface area (Å²) in [5.41, 5.74) is 1.92. The number of halogens is 1. The molecule has 1 N–H and O–H groups in total. The van der Waals surface area contributed by atoms with Gasteiger partial charge in [-0.3, -0.25) is 9.69 Å².